The molecule has 3 rings (SSSR count). The van der Waals surface area contributed by atoms with E-state index in [2.05, 4.69) is 20.8 Å². The van der Waals surface area contributed by atoms with Crippen LogP contribution in [-0.4, -0.2) is 27.2 Å². The van der Waals surface area contributed by atoms with Crippen LogP contribution in [0.15, 0.2) is 12.1 Å². The van der Waals surface area contributed by atoms with E-state index in [9.17, 15) is 20.1 Å². The van der Waals surface area contributed by atoms with Gasteiger partial charge >= 0.3 is 0 Å². The Morgan fingerprint density at radius 3 is 2.38 bits per heavy atom. The fourth-order valence-corrected chi connectivity index (χ4v) is 6.27. The van der Waals surface area contributed by atoms with Gasteiger partial charge in [0.1, 0.15) is 11.5 Å². The van der Waals surface area contributed by atoms with Gasteiger partial charge in [-0.05, 0) is 73.8 Å². The second kappa shape index (κ2) is 6.26. The molecule has 4 heteroatoms. The third kappa shape index (κ3) is 2.92. The van der Waals surface area contributed by atoms with E-state index in [0.29, 0.717) is 24.2 Å². The first-order valence-corrected chi connectivity index (χ1v) is 9.74. The molecule has 0 bridgehead atoms. The first kappa shape index (κ1) is 19.2. The lowest BCUT2D eigenvalue weighted by molar-refractivity contribution is -0.166. The third-order valence-corrected chi connectivity index (χ3v) is 7.60. The Morgan fingerprint density at radius 1 is 1.08 bits per heavy atom. The first-order valence-electron chi connectivity index (χ1n) is 9.74. The van der Waals surface area contributed by atoms with Crippen molar-refractivity contribution in [3.05, 3.63) is 23.3 Å². The number of hydrogen-bond donors (Lipinski definition) is 3. The van der Waals surface area contributed by atoms with Crippen molar-refractivity contribution in [1.29, 1.82) is 0 Å². The Morgan fingerprint density at radius 2 is 1.73 bits per heavy atom. The van der Waals surface area contributed by atoms with Crippen LogP contribution in [0.3, 0.4) is 0 Å². The van der Waals surface area contributed by atoms with Crippen LogP contribution in [0.2, 0.25) is 0 Å². The van der Waals surface area contributed by atoms with Crippen molar-refractivity contribution < 1.29 is 20.1 Å². The Kier molecular flexibility index (Phi) is 4.63. The van der Waals surface area contributed by atoms with Crippen LogP contribution in [0.25, 0.3) is 0 Å². The molecule has 2 aliphatic rings. The number of phenolic OH excluding ortho intramolecular Hbond substituents is 2. The van der Waals surface area contributed by atoms with Gasteiger partial charge in [0.15, 0.2) is 6.29 Å². The number of carbonyl (C=O) groups is 1. The monoisotopic (exact) mass is 360 g/mol. The fourth-order valence-electron chi connectivity index (χ4n) is 6.27. The first-order chi connectivity index (χ1) is 12.0. The average Bonchev–Trinajstić information content (AvgIpc) is 2.53. The smallest absolute Gasteiger partial charge is 0.154 e. The van der Waals surface area contributed by atoms with E-state index < -0.39 is 5.60 Å². The van der Waals surface area contributed by atoms with E-state index in [1.54, 1.807) is 0 Å². The molecule has 2 aliphatic carbocycles. The molecular weight excluding hydrogens is 328 g/mol. The Bertz CT molecular complexity index is 706. The van der Waals surface area contributed by atoms with Crippen LogP contribution in [0, 0.1) is 22.7 Å². The van der Waals surface area contributed by atoms with E-state index in [1.165, 1.54) is 18.6 Å². The highest BCUT2D eigenvalue weighted by molar-refractivity contribution is 5.83. The maximum absolute atomic E-state index is 11.5. The molecule has 1 aromatic rings. The number of aliphatic hydroxyl groups is 1. The van der Waals surface area contributed by atoms with Crippen LogP contribution < -0.4 is 0 Å². The Hall–Kier alpha value is -1.55. The van der Waals surface area contributed by atoms with E-state index >= 15 is 0 Å². The number of rotatable bonds is 3. The van der Waals surface area contributed by atoms with E-state index in [1.807, 2.05) is 6.92 Å². The van der Waals surface area contributed by atoms with Gasteiger partial charge in [0.25, 0.3) is 0 Å². The van der Waals surface area contributed by atoms with E-state index in [4.69, 9.17) is 0 Å². The lowest BCUT2D eigenvalue weighted by Gasteiger charge is -2.61. The van der Waals surface area contributed by atoms with Crippen molar-refractivity contribution in [2.24, 2.45) is 22.7 Å². The summed E-state index contributed by atoms with van der Waals surface area (Å²) in [4.78, 5) is 11.5. The molecule has 2 fully saturated rings. The average molecular weight is 360 g/mol. The molecule has 0 amide bonds. The topological polar surface area (TPSA) is 77.8 Å². The maximum Gasteiger partial charge on any atom is 0.154 e. The molecule has 0 unspecified atom stereocenters. The largest absolute Gasteiger partial charge is 0.508 e. The normalized spacial score (nSPS) is 36.3. The number of carbonyl (C=O) groups excluding carboxylic acids is 1. The summed E-state index contributed by atoms with van der Waals surface area (Å²) in [7, 11) is 0. The van der Waals surface area contributed by atoms with Crippen molar-refractivity contribution >= 4 is 6.29 Å². The van der Waals surface area contributed by atoms with Crippen molar-refractivity contribution in [2.45, 2.75) is 71.8 Å². The second-order valence-corrected chi connectivity index (χ2v) is 9.67. The Balaban J connectivity index is 2.07. The van der Waals surface area contributed by atoms with Crippen LogP contribution in [0.4, 0.5) is 0 Å². The maximum atomic E-state index is 11.5. The minimum Gasteiger partial charge on any atom is -0.508 e. The van der Waals surface area contributed by atoms with Gasteiger partial charge in [-0.2, -0.15) is 0 Å². The Labute approximate surface area is 156 Å². The fraction of sp³-hybridized carbons (Fsp3) is 0.682. The quantitative estimate of drug-likeness (QED) is 0.550. The molecule has 0 heterocycles. The number of fused-ring (bicyclic) bond motifs is 1. The molecule has 26 heavy (non-hydrogen) atoms. The molecule has 3 N–H and O–H groups in total. The minimum absolute atomic E-state index is 0.0153. The van der Waals surface area contributed by atoms with Crippen LogP contribution >= 0.6 is 0 Å². The predicted molar refractivity (Wildman–Crippen MR) is 101 cm³/mol. The molecule has 144 valence electrons. The van der Waals surface area contributed by atoms with Gasteiger partial charge in [0, 0.05) is 5.56 Å². The SMILES string of the molecule is CC1(C)CCC[C@]2(C)[C@@H](Cc3c(O)ccc(O)c3C=O)[C@](C)(O)CC[C@@H]12. The molecule has 0 aromatic heterocycles. The summed E-state index contributed by atoms with van der Waals surface area (Å²) in [5.74, 6) is 0.309. The lowest BCUT2D eigenvalue weighted by Crippen LogP contribution is -2.58. The molecule has 2 saturated carbocycles. The summed E-state index contributed by atoms with van der Waals surface area (Å²) >= 11 is 0. The van der Waals surface area contributed by atoms with Gasteiger partial charge < -0.3 is 15.3 Å². The number of aromatic hydroxyl groups is 2. The molecule has 1 aromatic carbocycles. The summed E-state index contributed by atoms with van der Waals surface area (Å²) in [6, 6.07) is 2.77. The highest BCUT2D eigenvalue weighted by Crippen LogP contribution is 2.62. The van der Waals surface area contributed by atoms with Gasteiger partial charge in [-0.1, -0.05) is 27.2 Å². The molecule has 4 atom stereocenters. The van der Waals surface area contributed by atoms with Crippen LogP contribution in [0.1, 0.15) is 75.7 Å². The molecule has 0 radical (unpaired) electrons. The zero-order valence-corrected chi connectivity index (χ0v) is 16.4. The predicted octanol–water partition coefficient (Wildman–Crippen LogP) is 4.45. The molecule has 4 nitrogen and oxygen atoms in total. The lowest BCUT2D eigenvalue weighted by atomic mass is 9.45. The molecule has 0 spiro atoms. The van der Waals surface area contributed by atoms with E-state index in [-0.39, 0.29) is 33.8 Å². The number of aldehydes is 1. The summed E-state index contributed by atoms with van der Waals surface area (Å²) in [5.41, 5.74) is -0.119. The van der Waals surface area contributed by atoms with Gasteiger partial charge in [-0.3, -0.25) is 4.79 Å². The highest BCUT2D eigenvalue weighted by Gasteiger charge is 2.57. The zero-order valence-electron chi connectivity index (χ0n) is 16.4. The van der Waals surface area contributed by atoms with Crippen LogP contribution in [0.5, 0.6) is 11.5 Å². The number of hydrogen-bond acceptors (Lipinski definition) is 4. The zero-order chi connectivity index (χ0) is 19.3. The molecule has 0 saturated heterocycles. The second-order valence-electron chi connectivity index (χ2n) is 9.67. The number of benzene rings is 1. The standard InChI is InChI=1S/C22H32O4/c1-20(2)9-5-10-21(3)18(20)8-11-22(4,26)19(21)12-14-15(13-23)17(25)7-6-16(14)24/h6-7,13,18-19,24-26H,5,8-12H2,1-4H3/t18-,19+,21-,22+/m0/s1. The third-order valence-electron chi connectivity index (χ3n) is 7.60. The van der Waals surface area contributed by atoms with Gasteiger partial charge in [-0.15, -0.1) is 0 Å². The van der Waals surface area contributed by atoms with Crippen molar-refractivity contribution in [3.63, 3.8) is 0 Å². The molecular formula is C22H32O4. The van der Waals surface area contributed by atoms with Gasteiger partial charge in [-0.25, -0.2) is 0 Å². The van der Waals surface area contributed by atoms with Crippen molar-refractivity contribution in [3.8, 4) is 11.5 Å². The summed E-state index contributed by atoms with van der Waals surface area (Å²) in [5, 5.41) is 31.7. The highest BCUT2D eigenvalue weighted by atomic mass is 16.3. The van der Waals surface area contributed by atoms with E-state index in [0.717, 1.165) is 25.7 Å². The van der Waals surface area contributed by atoms with Gasteiger partial charge in [0.2, 0.25) is 0 Å². The van der Waals surface area contributed by atoms with Crippen molar-refractivity contribution in [1.82, 2.24) is 0 Å². The van der Waals surface area contributed by atoms with Crippen molar-refractivity contribution in [2.75, 3.05) is 0 Å². The summed E-state index contributed by atoms with van der Waals surface area (Å²) in [6.07, 6.45) is 6.07. The number of phenols is 2. The summed E-state index contributed by atoms with van der Waals surface area (Å²) in [6.45, 7) is 8.82. The minimum atomic E-state index is -0.864. The van der Waals surface area contributed by atoms with Gasteiger partial charge in [0.05, 0.1) is 11.2 Å². The summed E-state index contributed by atoms with van der Waals surface area (Å²) < 4.78 is 0. The van der Waals surface area contributed by atoms with Crippen LogP contribution in [-0.2, 0) is 6.42 Å². The molecule has 0 aliphatic heterocycles.